The molecule has 2 aromatic rings. The number of nitrogens with two attached hydrogens (primary N) is 1. The summed E-state index contributed by atoms with van der Waals surface area (Å²) in [6.45, 7) is 2.31. The third-order valence-corrected chi connectivity index (χ3v) is 3.37. The van der Waals surface area contributed by atoms with Crippen LogP contribution in [0.3, 0.4) is 0 Å². The van der Waals surface area contributed by atoms with Crippen molar-refractivity contribution >= 4 is 11.6 Å². The predicted octanol–water partition coefficient (Wildman–Crippen LogP) is 2.99. The predicted molar refractivity (Wildman–Crippen MR) is 88.9 cm³/mol. The molecule has 3 N–H and O–H groups in total. The molecule has 0 fully saturated rings. The molecule has 23 heavy (non-hydrogen) atoms. The zero-order valence-corrected chi connectivity index (χ0v) is 13.0. The lowest BCUT2D eigenvalue weighted by atomic mass is 10.1. The second kappa shape index (κ2) is 7.85. The van der Waals surface area contributed by atoms with Gasteiger partial charge in [0.1, 0.15) is 5.75 Å². The molecule has 2 rings (SSSR count). The maximum Gasteiger partial charge on any atom is 0.220 e. The molecule has 2 aromatic carbocycles. The third kappa shape index (κ3) is 5.04. The van der Waals surface area contributed by atoms with Crippen molar-refractivity contribution in [1.82, 2.24) is 0 Å². The lowest BCUT2D eigenvalue weighted by Crippen LogP contribution is -2.14. The largest absolute Gasteiger partial charge is 0.493 e. The van der Waals surface area contributed by atoms with Gasteiger partial charge in [-0.15, -0.1) is 0 Å². The van der Waals surface area contributed by atoms with Gasteiger partial charge in [-0.2, -0.15) is 5.26 Å². The van der Waals surface area contributed by atoms with Crippen LogP contribution >= 0.6 is 0 Å². The highest BCUT2D eigenvalue weighted by atomic mass is 16.5. The van der Waals surface area contributed by atoms with Gasteiger partial charge in [0.25, 0.3) is 0 Å². The van der Waals surface area contributed by atoms with Gasteiger partial charge in [0.05, 0.1) is 24.7 Å². The van der Waals surface area contributed by atoms with Gasteiger partial charge in [0.15, 0.2) is 0 Å². The maximum absolute atomic E-state index is 10.7. The summed E-state index contributed by atoms with van der Waals surface area (Å²) in [4.78, 5) is 10.7. The molecule has 1 amide bonds. The maximum atomic E-state index is 10.7. The fraction of sp³-hybridized carbons (Fsp3) is 0.222. The zero-order valence-electron chi connectivity index (χ0n) is 13.0. The van der Waals surface area contributed by atoms with Crippen LogP contribution in [0.2, 0.25) is 0 Å². The summed E-state index contributed by atoms with van der Waals surface area (Å²) in [5.74, 6) is 0.313. The number of nitrogens with one attached hydrogen (secondary N) is 1. The van der Waals surface area contributed by atoms with Crippen LogP contribution in [0.5, 0.6) is 5.75 Å². The van der Waals surface area contributed by atoms with E-state index in [0.29, 0.717) is 11.3 Å². The first-order chi connectivity index (χ1) is 11.1. The Labute approximate surface area is 135 Å². The van der Waals surface area contributed by atoms with Gasteiger partial charge >= 0.3 is 0 Å². The van der Waals surface area contributed by atoms with Crippen molar-refractivity contribution in [1.29, 1.82) is 5.26 Å². The first kappa shape index (κ1) is 16.4. The fourth-order valence-electron chi connectivity index (χ4n) is 2.13. The second-order valence-corrected chi connectivity index (χ2v) is 5.19. The topological polar surface area (TPSA) is 88.1 Å². The van der Waals surface area contributed by atoms with Crippen LogP contribution in [-0.4, -0.2) is 12.5 Å². The smallest absolute Gasteiger partial charge is 0.220 e. The molecular formula is C18H19N3O2. The average molecular weight is 309 g/mol. The summed E-state index contributed by atoms with van der Waals surface area (Å²) in [6.07, 6.45) is 0.201. The summed E-state index contributed by atoms with van der Waals surface area (Å²) < 4.78 is 5.43. The molecule has 118 valence electrons. The van der Waals surface area contributed by atoms with Crippen molar-refractivity contribution in [3.63, 3.8) is 0 Å². The highest BCUT2D eigenvalue weighted by Gasteiger charge is 2.06. The number of ether oxygens (including phenoxy) is 1. The zero-order chi connectivity index (χ0) is 16.7. The number of amides is 1. The van der Waals surface area contributed by atoms with E-state index in [1.165, 1.54) is 0 Å². The Balaban J connectivity index is 1.94. The van der Waals surface area contributed by atoms with Gasteiger partial charge in [0, 0.05) is 11.7 Å². The molecule has 0 aromatic heterocycles. The monoisotopic (exact) mass is 309 g/mol. The first-order valence-electron chi connectivity index (χ1n) is 7.36. The van der Waals surface area contributed by atoms with E-state index < -0.39 is 0 Å². The summed E-state index contributed by atoms with van der Waals surface area (Å²) >= 11 is 0. The Bertz CT molecular complexity index is 705. The van der Waals surface area contributed by atoms with Gasteiger partial charge in [-0.3, -0.25) is 4.79 Å². The normalized spacial score (nSPS) is 11.3. The molecule has 1 atom stereocenters. The Morgan fingerprint density at radius 2 is 2.04 bits per heavy atom. The van der Waals surface area contributed by atoms with Gasteiger partial charge in [-0.05, 0) is 48.9 Å². The molecule has 0 bridgehead atoms. The second-order valence-electron chi connectivity index (χ2n) is 5.19. The van der Waals surface area contributed by atoms with E-state index >= 15 is 0 Å². The van der Waals surface area contributed by atoms with Crippen LogP contribution in [0.25, 0.3) is 0 Å². The van der Waals surface area contributed by atoms with E-state index in [1.54, 1.807) is 6.07 Å². The molecule has 0 heterocycles. The van der Waals surface area contributed by atoms with Crippen LogP contribution in [0.4, 0.5) is 5.69 Å². The van der Waals surface area contributed by atoms with E-state index in [4.69, 9.17) is 15.7 Å². The highest BCUT2D eigenvalue weighted by Crippen LogP contribution is 2.22. The van der Waals surface area contributed by atoms with E-state index in [0.717, 1.165) is 11.3 Å². The Kier molecular flexibility index (Phi) is 5.59. The van der Waals surface area contributed by atoms with E-state index in [2.05, 4.69) is 11.4 Å². The molecule has 5 nitrogen and oxygen atoms in total. The summed E-state index contributed by atoms with van der Waals surface area (Å²) in [5, 5.41) is 12.3. The number of anilines is 1. The van der Waals surface area contributed by atoms with Gasteiger partial charge in [-0.25, -0.2) is 0 Å². The number of nitriles is 1. The SMILES string of the molecule is CC(Nc1ccc(OCCC(N)=O)cc1)c1cccc(C#N)c1. The van der Waals surface area contributed by atoms with Crippen molar-refractivity contribution in [2.45, 2.75) is 19.4 Å². The molecule has 0 radical (unpaired) electrons. The number of rotatable bonds is 7. The molecule has 0 saturated heterocycles. The minimum absolute atomic E-state index is 0.0740. The number of hydrogen-bond donors (Lipinski definition) is 2. The lowest BCUT2D eigenvalue weighted by Gasteiger charge is -2.16. The number of benzene rings is 2. The molecule has 0 spiro atoms. The van der Waals surface area contributed by atoms with Crippen LogP contribution in [0, 0.1) is 11.3 Å². The molecule has 0 aliphatic carbocycles. The molecule has 1 unspecified atom stereocenters. The minimum Gasteiger partial charge on any atom is -0.493 e. The van der Waals surface area contributed by atoms with Crippen molar-refractivity contribution in [2.24, 2.45) is 5.73 Å². The van der Waals surface area contributed by atoms with E-state index in [1.807, 2.05) is 49.4 Å². The summed E-state index contributed by atoms with van der Waals surface area (Å²) in [7, 11) is 0. The van der Waals surface area contributed by atoms with Crippen molar-refractivity contribution in [2.75, 3.05) is 11.9 Å². The quantitative estimate of drug-likeness (QED) is 0.823. The minimum atomic E-state index is -0.378. The summed E-state index contributed by atoms with van der Waals surface area (Å²) in [6, 6.07) is 17.2. The van der Waals surface area contributed by atoms with Gasteiger partial charge < -0.3 is 15.8 Å². The van der Waals surface area contributed by atoms with Crippen molar-refractivity contribution in [3.8, 4) is 11.8 Å². The number of hydrogen-bond acceptors (Lipinski definition) is 4. The van der Waals surface area contributed by atoms with Crippen LogP contribution in [-0.2, 0) is 4.79 Å². The Hall–Kier alpha value is -3.00. The molecule has 0 aliphatic heterocycles. The average Bonchev–Trinajstić information content (AvgIpc) is 2.56. The number of carbonyl (C=O) groups excluding carboxylic acids is 1. The third-order valence-electron chi connectivity index (χ3n) is 3.37. The van der Waals surface area contributed by atoms with Crippen molar-refractivity contribution in [3.05, 3.63) is 59.7 Å². The van der Waals surface area contributed by atoms with Crippen molar-refractivity contribution < 1.29 is 9.53 Å². The van der Waals surface area contributed by atoms with Crippen LogP contribution in [0.15, 0.2) is 48.5 Å². The number of carbonyl (C=O) groups is 1. The Morgan fingerprint density at radius 1 is 1.30 bits per heavy atom. The van der Waals surface area contributed by atoms with E-state index in [9.17, 15) is 4.79 Å². The summed E-state index contributed by atoms with van der Waals surface area (Å²) in [5.41, 5.74) is 7.70. The Morgan fingerprint density at radius 3 is 2.70 bits per heavy atom. The van der Waals surface area contributed by atoms with Gasteiger partial charge in [0.2, 0.25) is 5.91 Å². The highest BCUT2D eigenvalue weighted by molar-refractivity contribution is 5.73. The molecule has 5 heteroatoms. The lowest BCUT2D eigenvalue weighted by molar-refractivity contribution is -0.118. The number of nitrogens with zero attached hydrogens (tertiary/aromatic N) is 1. The van der Waals surface area contributed by atoms with Crippen LogP contribution in [0.1, 0.15) is 30.5 Å². The number of primary amides is 1. The van der Waals surface area contributed by atoms with E-state index in [-0.39, 0.29) is 25.0 Å². The molecule has 0 saturated carbocycles. The molecular weight excluding hydrogens is 290 g/mol. The fourth-order valence-corrected chi connectivity index (χ4v) is 2.13. The van der Waals surface area contributed by atoms with Gasteiger partial charge in [-0.1, -0.05) is 12.1 Å². The molecule has 0 aliphatic rings. The first-order valence-corrected chi connectivity index (χ1v) is 7.36. The standard InChI is InChI=1S/C18H19N3O2/c1-13(15-4-2-3-14(11-15)12-19)21-16-5-7-17(8-6-16)23-10-9-18(20)22/h2-8,11,13,21H,9-10H2,1H3,(H2,20,22). The van der Waals surface area contributed by atoms with Crippen LogP contribution < -0.4 is 15.8 Å².